The molecule has 1 aliphatic heterocycles. The Balaban J connectivity index is 1.79. The lowest BCUT2D eigenvalue weighted by Crippen LogP contribution is -2.22. The predicted molar refractivity (Wildman–Crippen MR) is 82.4 cm³/mol. The summed E-state index contributed by atoms with van der Waals surface area (Å²) in [7, 11) is 1.88. The Hall–Kier alpha value is -1.73. The maximum atomic E-state index is 5.57. The fraction of sp³-hybridized carbons (Fsp3) is 0.643. The molecule has 2 aromatic heterocycles. The Morgan fingerprint density at radius 2 is 2.29 bits per heavy atom. The summed E-state index contributed by atoms with van der Waals surface area (Å²) in [6.07, 6.45) is 5.59. The molecular weight excluding hydrogens is 266 g/mol. The lowest BCUT2D eigenvalue weighted by Gasteiger charge is -2.15. The van der Waals surface area contributed by atoms with Crippen LogP contribution < -0.4 is 11.3 Å². The van der Waals surface area contributed by atoms with Crippen molar-refractivity contribution in [1.82, 2.24) is 24.6 Å². The van der Waals surface area contributed by atoms with E-state index in [4.69, 9.17) is 5.84 Å². The van der Waals surface area contributed by atoms with Crippen LogP contribution in [0.5, 0.6) is 0 Å². The number of nitrogen functional groups attached to an aromatic ring is 1. The van der Waals surface area contributed by atoms with Gasteiger partial charge in [0.05, 0.1) is 18.1 Å². The van der Waals surface area contributed by atoms with Crippen molar-refractivity contribution in [3.8, 4) is 0 Å². The molecule has 2 aromatic rings. The average molecular weight is 289 g/mol. The predicted octanol–water partition coefficient (Wildman–Crippen LogP) is 1.27. The van der Waals surface area contributed by atoms with Crippen LogP contribution in [-0.2, 0) is 13.6 Å². The minimum Gasteiger partial charge on any atom is -0.308 e. The zero-order chi connectivity index (χ0) is 14.8. The van der Waals surface area contributed by atoms with Crippen molar-refractivity contribution in [3.63, 3.8) is 0 Å². The standard InChI is InChI=1S/C14H23N7/c1-3-4-10-5-6-21(8-10)9-12-17-13(19-15)11-7-16-20(2)14(11)18-12/h7,10H,3-6,8-9,15H2,1-2H3,(H,17,18,19). The van der Waals surface area contributed by atoms with Crippen LogP contribution in [0.15, 0.2) is 6.20 Å². The molecule has 3 rings (SSSR count). The van der Waals surface area contributed by atoms with E-state index < -0.39 is 0 Å². The van der Waals surface area contributed by atoms with E-state index >= 15 is 0 Å². The zero-order valence-electron chi connectivity index (χ0n) is 12.7. The van der Waals surface area contributed by atoms with Crippen LogP contribution in [-0.4, -0.2) is 37.7 Å². The number of aromatic nitrogens is 4. The molecule has 0 saturated carbocycles. The molecule has 3 heterocycles. The maximum Gasteiger partial charge on any atom is 0.163 e. The number of anilines is 1. The van der Waals surface area contributed by atoms with Gasteiger partial charge >= 0.3 is 0 Å². The third kappa shape index (κ3) is 2.84. The van der Waals surface area contributed by atoms with Crippen LogP contribution in [0.4, 0.5) is 5.82 Å². The summed E-state index contributed by atoms with van der Waals surface area (Å²) in [5, 5.41) is 5.07. The van der Waals surface area contributed by atoms with Crippen LogP contribution in [0.2, 0.25) is 0 Å². The second kappa shape index (κ2) is 5.95. The summed E-state index contributed by atoms with van der Waals surface area (Å²) in [4.78, 5) is 11.6. The van der Waals surface area contributed by atoms with E-state index in [2.05, 4.69) is 32.3 Å². The van der Waals surface area contributed by atoms with Gasteiger partial charge in [-0.05, 0) is 25.3 Å². The van der Waals surface area contributed by atoms with E-state index in [9.17, 15) is 0 Å². The number of nitrogens with one attached hydrogen (secondary N) is 1. The molecule has 0 bridgehead atoms. The fourth-order valence-electron chi connectivity index (χ4n) is 3.15. The quantitative estimate of drug-likeness (QED) is 0.637. The maximum absolute atomic E-state index is 5.57. The molecule has 0 aromatic carbocycles. The van der Waals surface area contributed by atoms with E-state index in [1.165, 1.54) is 19.3 Å². The Morgan fingerprint density at radius 3 is 3.05 bits per heavy atom. The number of hydrogen-bond donors (Lipinski definition) is 2. The van der Waals surface area contributed by atoms with E-state index in [1.54, 1.807) is 10.9 Å². The highest BCUT2D eigenvalue weighted by Gasteiger charge is 2.23. The van der Waals surface area contributed by atoms with Crippen molar-refractivity contribution in [3.05, 3.63) is 12.0 Å². The van der Waals surface area contributed by atoms with Crippen molar-refractivity contribution >= 4 is 16.9 Å². The molecule has 0 aliphatic carbocycles. The number of nitrogens with zero attached hydrogens (tertiary/aromatic N) is 5. The Morgan fingerprint density at radius 1 is 1.43 bits per heavy atom. The van der Waals surface area contributed by atoms with Gasteiger partial charge in [0, 0.05) is 13.6 Å². The Bertz CT molecular complexity index is 621. The number of hydrazine groups is 1. The molecule has 21 heavy (non-hydrogen) atoms. The van der Waals surface area contributed by atoms with Gasteiger partial charge in [-0.15, -0.1) is 0 Å². The SMILES string of the molecule is CCCC1CCN(Cc2nc(NN)c3cnn(C)c3n2)C1. The number of nitrogens with two attached hydrogens (primary N) is 1. The molecule has 114 valence electrons. The van der Waals surface area contributed by atoms with Gasteiger partial charge in [-0.3, -0.25) is 9.58 Å². The van der Waals surface area contributed by atoms with Gasteiger partial charge in [-0.25, -0.2) is 15.8 Å². The van der Waals surface area contributed by atoms with Crippen LogP contribution in [0.3, 0.4) is 0 Å². The van der Waals surface area contributed by atoms with Gasteiger partial charge in [0.1, 0.15) is 5.82 Å². The fourth-order valence-corrected chi connectivity index (χ4v) is 3.15. The summed E-state index contributed by atoms with van der Waals surface area (Å²) in [5.41, 5.74) is 3.47. The molecule has 0 amide bonds. The van der Waals surface area contributed by atoms with E-state index in [-0.39, 0.29) is 0 Å². The minimum atomic E-state index is 0.646. The molecule has 1 fully saturated rings. The third-order valence-electron chi connectivity index (χ3n) is 4.21. The van der Waals surface area contributed by atoms with Crippen molar-refractivity contribution in [1.29, 1.82) is 0 Å². The van der Waals surface area contributed by atoms with Gasteiger partial charge in [-0.2, -0.15) is 5.10 Å². The van der Waals surface area contributed by atoms with Gasteiger partial charge in [0.25, 0.3) is 0 Å². The number of likely N-dealkylation sites (tertiary alicyclic amines) is 1. The van der Waals surface area contributed by atoms with E-state index in [0.717, 1.165) is 42.4 Å². The number of fused-ring (bicyclic) bond motifs is 1. The van der Waals surface area contributed by atoms with Crippen molar-refractivity contribution in [2.45, 2.75) is 32.7 Å². The van der Waals surface area contributed by atoms with Crippen LogP contribution in [0, 0.1) is 5.92 Å². The molecular formula is C14H23N7. The van der Waals surface area contributed by atoms with Gasteiger partial charge in [-0.1, -0.05) is 13.3 Å². The van der Waals surface area contributed by atoms with Crippen LogP contribution >= 0.6 is 0 Å². The van der Waals surface area contributed by atoms with E-state index in [1.807, 2.05) is 7.05 Å². The van der Waals surface area contributed by atoms with Gasteiger partial charge < -0.3 is 5.43 Å². The van der Waals surface area contributed by atoms with E-state index in [0.29, 0.717) is 5.82 Å². The second-order valence-corrected chi connectivity index (χ2v) is 5.82. The third-order valence-corrected chi connectivity index (χ3v) is 4.21. The summed E-state index contributed by atoms with van der Waals surface area (Å²) in [6, 6.07) is 0. The monoisotopic (exact) mass is 289 g/mol. The molecule has 3 N–H and O–H groups in total. The number of rotatable bonds is 5. The van der Waals surface area contributed by atoms with Crippen molar-refractivity contribution < 1.29 is 0 Å². The normalized spacial score (nSPS) is 19.5. The Labute approximate surface area is 124 Å². The zero-order valence-corrected chi connectivity index (χ0v) is 12.7. The first-order chi connectivity index (χ1) is 10.2. The summed E-state index contributed by atoms with van der Waals surface area (Å²) < 4.78 is 1.76. The topological polar surface area (TPSA) is 84.9 Å². The molecule has 1 saturated heterocycles. The molecule has 1 unspecified atom stereocenters. The van der Waals surface area contributed by atoms with Crippen LogP contribution in [0.1, 0.15) is 32.0 Å². The first kappa shape index (κ1) is 14.2. The minimum absolute atomic E-state index is 0.646. The molecule has 1 aliphatic rings. The summed E-state index contributed by atoms with van der Waals surface area (Å²) in [6.45, 7) is 5.30. The smallest absolute Gasteiger partial charge is 0.163 e. The van der Waals surface area contributed by atoms with Gasteiger partial charge in [0.2, 0.25) is 0 Å². The molecule has 0 radical (unpaired) electrons. The number of hydrogen-bond acceptors (Lipinski definition) is 6. The molecule has 0 spiro atoms. The highest BCUT2D eigenvalue weighted by molar-refractivity contribution is 5.86. The lowest BCUT2D eigenvalue weighted by atomic mass is 10.0. The Kier molecular flexibility index (Phi) is 4.03. The first-order valence-corrected chi connectivity index (χ1v) is 7.58. The average Bonchev–Trinajstić information content (AvgIpc) is 3.07. The van der Waals surface area contributed by atoms with Crippen molar-refractivity contribution in [2.75, 3.05) is 18.5 Å². The molecule has 7 heteroatoms. The summed E-state index contributed by atoms with van der Waals surface area (Å²) in [5.74, 6) is 7.84. The second-order valence-electron chi connectivity index (χ2n) is 5.82. The highest BCUT2D eigenvalue weighted by atomic mass is 15.3. The van der Waals surface area contributed by atoms with Gasteiger partial charge in [0.15, 0.2) is 11.5 Å². The molecule has 7 nitrogen and oxygen atoms in total. The van der Waals surface area contributed by atoms with Crippen LogP contribution in [0.25, 0.3) is 11.0 Å². The summed E-state index contributed by atoms with van der Waals surface area (Å²) >= 11 is 0. The number of aryl methyl sites for hydroxylation is 1. The first-order valence-electron chi connectivity index (χ1n) is 7.58. The highest BCUT2D eigenvalue weighted by Crippen LogP contribution is 2.23. The largest absolute Gasteiger partial charge is 0.308 e. The van der Waals surface area contributed by atoms with Crippen molar-refractivity contribution in [2.24, 2.45) is 18.8 Å². The lowest BCUT2D eigenvalue weighted by molar-refractivity contribution is 0.305. The molecule has 1 atom stereocenters.